The number of hydrogen-bond acceptors (Lipinski definition) is 5. The highest BCUT2D eigenvalue weighted by Gasteiger charge is 2.28. The van der Waals surface area contributed by atoms with Crippen LogP contribution in [0.4, 0.5) is 0 Å². The third-order valence-corrected chi connectivity index (χ3v) is 4.91. The van der Waals surface area contributed by atoms with E-state index in [2.05, 4.69) is 5.32 Å². The average molecular weight is 355 g/mol. The second-order valence-corrected chi connectivity index (χ2v) is 6.64. The van der Waals surface area contributed by atoms with Gasteiger partial charge in [0.15, 0.2) is 11.5 Å². The largest absolute Gasteiger partial charge is 0.454 e. The first-order valence-electron chi connectivity index (χ1n) is 8.70. The summed E-state index contributed by atoms with van der Waals surface area (Å²) in [6.45, 7) is 6.01. The van der Waals surface area contributed by atoms with Crippen molar-refractivity contribution in [3.8, 4) is 17.2 Å². The van der Waals surface area contributed by atoms with Gasteiger partial charge in [0.25, 0.3) is 11.5 Å². The number of piperazine rings is 1. The summed E-state index contributed by atoms with van der Waals surface area (Å²) in [5, 5.41) is 3.26. The molecule has 2 aliphatic rings. The van der Waals surface area contributed by atoms with Gasteiger partial charge in [-0.15, -0.1) is 0 Å². The number of nitrogens with one attached hydrogen (secondary N) is 1. The number of nitrogens with zero attached hydrogens (tertiary/aromatic N) is 2. The Morgan fingerprint density at radius 3 is 2.85 bits per heavy atom. The number of rotatable bonds is 2. The summed E-state index contributed by atoms with van der Waals surface area (Å²) in [4.78, 5) is 27.9. The molecular weight excluding hydrogens is 334 g/mol. The first kappa shape index (κ1) is 16.7. The van der Waals surface area contributed by atoms with E-state index in [-0.39, 0.29) is 29.9 Å². The number of carbonyl (C=O) groups is 1. The number of pyridine rings is 1. The fourth-order valence-corrected chi connectivity index (χ4v) is 3.41. The second kappa shape index (κ2) is 6.49. The SMILES string of the molecule is Cc1ccn(-c2ccc3c(c2)OCO3)c(=O)c1C(=O)N1CCNCC1C. The molecule has 2 aliphatic heterocycles. The van der Waals surface area contributed by atoms with E-state index in [1.54, 1.807) is 42.3 Å². The second-order valence-electron chi connectivity index (χ2n) is 6.64. The third kappa shape index (κ3) is 2.74. The van der Waals surface area contributed by atoms with Crippen LogP contribution in [0, 0.1) is 6.92 Å². The van der Waals surface area contributed by atoms with E-state index in [0.717, 1.165) is 13.1 Å². The lowest BCUT2D eigenvalue weighted by Gasteiger charge is -2.34. The molecule has 1 amide bonds. The summed E-state index contributed by atoms with van der Waals surface area (Å²) in [6, 6.07) is 7.15. The Labute approximate surface area is 151 Å². The molecular formula is C19H21N3O4. The molecule has 136 valence electrons. The normalized spacial score (nSPS) is 18.8. The van der Waals surface area contributed by atoms with Gasteiger partial charge >= 0.3 is 0 Å². The zero-order chi connectivity index (χ0) is 18.3. The molecule has 3 heterocycles. The monoisotopic (exact) mass is 355 g/mol. The van der Waals surface area contributed by atoms with Crippen LogP contribution in [-0.4, -0.2) is 47.8 Å². The van der Waals surface area contributed by atoms with Gasteiger partial charge in [0.05, 0.1) is 5.69 Å². The zero-order valence-electron chi connectivity index (χ0n) is 14.8. The van der Waals surface area contributed by atoms with Crippen molar-refractivity contribution in [2.45, 2.75) is 19.9 Å². The molecule has 2 aromatic rings. The predicted molar refractivity (Wildman–Crippen MR) is 96.3 cm³/mol. The van der Waals surface area contributed by atoms with Crippen molar-refractivity contribution in [1.82, 2.24) is 14.8 Å². The lowest BCUT2D eigenvalue weighted by molar-refractivity contribution is 0.0652. The molecule has 1 atom stereocenters. The van der Waals surface area contributed by atoms with Crippen LogP contribution < -0.4 is 20.3 Å². The van der Waals surface area contributed by atoms with Gasteiger partial charge < -0.3 is 19.7 Å². The molecule has 26 heavy (non-hydrogen) atoms. The number of carbonyl (C=O) groups excluding carboxylic acids is 1. The van der Waals surface area contributed by atoms with Crippen molar-refractivity contribution in [2.75, 3.05) is 26.4 Å². The molecule has 1 saturated heterocycles. The topological polar surface area (TPSA) is 72.8 Å². The Bertz CT molecular complexity index is 921. The number of hydrogen-bond donors (Lipinski definition) is 1. The van der Waals surface area contributed by atoms with E-state index in [0.29, 0.717) is 29.3 Å². The van der Waals surface area contributed by atoms with Gasteiger partial charge in [0.2, 0.25) is 6.79 Å². The van der Waals surface area contributed by atoms with Gasteiger partial charge in [-0.05, 0) is 37.6 Å². The van der Waals surface area contributed by atoms with Crippen molar-refractivity contribution >= 4 is 5.91 Å². The highest BCUT2D eigenvalue weighted by atomic mass is 16.7. The maximum atomic E-state index is 13.1. The smallest absolute Gasteiger partial charge is 0.268 e. The number of benzene rings is 1. The Morgan fingerprint density at radius 1 is 1.23 bits per heavy atom. The quantitative estimate of drug-likeness (QED) is 0.879. The maximum Gasteiger partial charge on any atom is 0.268 e. The first-order valence-corrected chi connectivity index (χ1v) is 8.70. The van der Waals surface area contributed by atoms with Gasteiger partial charge in [-0.2, -0.15) is 0 Å². The minimum Gasteiger partial charge on any atom is -0.454 e. The number of aromatic nitrogens is 1. The summed E-state index contributed by atoms with van der Waals surface area (Å²) >= 11 is 0. The highest BCUT2D eigenvalue weighted by Crippen LogP contribution is 2.33. The van der Waals surface area contributed by atoms with E-state index in [9.17, 15) is 9.59 Å². The van der Waals surface area contributed by atoms with E-state index in [4.69, 9.17) is 9.47 Å². The maximum absolute atomic E-state index is 13.1. The number of fused-ring (bicyclic) bond motifs is 1. The molecule has 0 spiro atoms. The molecule has 1 aromatic heterocycles. The van der Waals surface area contributed by atoms with Crippen LogP contribution in [0.15, 0.2) is 35.3 Å². The molecule has 7 nitrogen and oxygen atoms in total. The van der Waals surface area contributed by atoms with Crippen molar-refractivity contribution < 1.29 is 14.3 Å². The molecule has 0 aliphatic carbocycles. The lowest BCUT2D eigenvalue weighted by Crippen LogP contribution is -2.53. The molecule has 0 bridgehead atoms. The molecule has 0 saturated carbocycles. The summed E-state index contributed by atoms with van der Waals surface area (Å²) < 4.78 is 12.2. The standard InChI is InChI=1S/C19H21N3O4/c1-12-5-7-22(14-3-4-15-16(9-14)26-11-25-15)19(24)17(12)18(23)21-8-6-20-10-13(21)2/h3-5,7,9,13,20H,6,8,10-11H2,1-2H3. The molecule has 0 radical (unpaired) electrons. The summed E-state index contributed by atoms with van der Waals surface area (Å²) in [7, 11) is 0. The highest BCUT2D eigenvalue weighted by molar-refractivity contribution is 5.95. The Balaban J connectivity index is 1.76. The van der Waals surface area contributed by atoms with Gasteiger partial charge in [-0.1, -0.05) is 0 Å². The van der Waals surface area contributed by atoms with Crippen LogP contribution in [0.25, 0.3) is 5.69 Å². The van der Waals surface area contributed by atoms with E-state index < -0.39 is 0 Å². The van der Waals surface area contributed by atoms with Gasteiger partial charge in [-0.3, -0.25) is 14.2 Å². The van der Waals surface area contributed by atoms with E-state index in [1.807, 2.05) is 6.92 Å². The van der Waals surface area contributed by atoms with Crippen LogP contribution in [0.3, 0.4) is 0 Å². The number of amides is 1. The first-order chi connectivity index (χ1) is 12.6. The van der Waals surface area contributed by atoms with Gasteiger partial charge in [-0.25, -0.2) is 0 Å². The number of ether oxygens (including phenoxy) is 2. The van der Waals surface area contributed by atoms with E-state index >= 15 is 0 Å². The molecule has 1 N–H and O–H groups in total. The molecule has 4 rings (SSSR count). The van der Waals surface area contributed by atoms with Gasteiger partial charge in [0, 0.05) is 37.9 Å². The van der Waals surface area contributed by atoms with Crippen molar-refractivity contribution in [1.29, 1.82) is 0 Å². The molecule has 7 heteroatoms. The van der Waals surface area contributed by atoms with Crippen LogP contribution in [0.5, 0.6) is 11.5 Å². The van der Waals surface area contributed by atoms with Crippen molar-refractivity contribution in [3.05, 3.63) is 51.9 Å². The van der Waals surface area contributed by atoms with Crippen LogP contribution in [0.1, 0.15) is 22.8 Å². The fraction of sp³-hybridized carbons (Fsp3) is 0.368. The molecule has 1 aromatic carbocycles. The van der Waals surface area contributed by atoms with Gasteiger partial charge in [0.1, 0.15) is 5.56 Å². The fourth-order valence-electron chi connectivity index (χ4n) is 3.41. The molecule has 1 fully saturated rings. The summed E-state index contributed by atoms with van der Waals surface area (Å²) in [5.74, 6) is 1.04. The van der Waals surface area contributed by atoms with Crippen LogP contribution in [0.2, 0.25) is 0 Å². The Morgan fingerprint density at radius 2 is 2.04 bits per heavy atom. The van der Waals surface area contributed by atoms with Crippen LogP contribution in [-0.2, 0) is 0 Å². The minimum absolute atomic E-state index is 0.0502. The average Bonchev–Trinajstić information content (AvgIpc) is 3.10. The lowest BCUT2D eigenvalue weighted by atomic mass is 10.1. The predicted octanol–water partition coefficient (Wildman–Crippen LogP) is 1.31. The number of aryl methyl sites for hydroxylation is 1. The Hall–Kier alpha value is -2.80. The third-order valence-electron chi connectivity index (χ3n) is 4.91. The van der Waals surface area contributed by atoms with Crippen LogP contribution >= 0.6 is 0 Å². The molecule has 1 unspecified atom stereocenters. The van der Waals surface area contributed by atoms with Crippen molar-refractivity contribution in [3.63, 3.8) is 0 Å². The Kier molecular flexibility index (Phi) is 4.16. The zero-order valence-corrected chi connectivity index (χ0v) is 14.8. The van der Waals surface area contributed by atoms with Crippen molar-refractivity contribution in [2.24, 2.45) is 0 Å². The summed E-state index contributed by atoms with van der Waals surface area (Å²) in [5.41, 5.74) is 1.22. The summed E-state index contributed by atoms with van der Waals surface area (Å²) in [6.07, 6.45) is 1.69. The minimum atomic E-state index is -0.320. The van der Waals surface area contributed by atoms with E-state index in [1.165, 1.54) is 4.57 Å².